The van der Waals surface area contributed by atoms with Crippen molar-refractivity contribution in [2.75, 3.05) is 27.2 Å². The minimum atomic E-state index is -0.459. The van der Waals surface area contributed by atoms with Gasteiger partial charge in [-0.15, -0.1) is 12.4 Å². The fraction of sp³-hybridized carbons (Fsp3) is 0.250. The molecule has 0 radical (unpaired) electrons. The Balaban J connectivity index is 0.00000264. The van der Waals surface area contributed by atoms with E-state index in [4.69, 9.17) is 21.1 Å². The minimum Gasteiger partial charge on any atom is -0.461 e. The lowest BCUT2D eigenvalue weighted by molar-refractivity contribution is 0.0478. The maximum Gasteiger partial charge on any atom is 0.343 e. The third-order valence-corrected chi connectivity index (χ3v) is 3.04. The molecule has 2 aromatic rings. The molecule has 0 saturated carbocycles. The van der Waals surface area contributed by atoms with Crippen LogP contribution in [0.15, 0.2) is 42.6 Å². The van der Waals surface area contributed by atoms with Gasteiger partial charge in [0.05, 0.1) is 0 Å². The molecule has 1 aromatic heterocycles. The second kappa shape index (κ2) is 9.35. The average Bonchev–Trinajstić information content (AvgIpc) is 2.49. The number of ether oxygens (including phenoxy) is 2. The summed E-state index contributed by atoms with van der Waals surface area (Å²) in [7, 11) is 3.82. The summed E-state index contributed by atoms with van der Waals surface area (Å²) in [5.41, 5.74) is 0.288. The Hall–Kier alpha value is -1.82. The highest BCUT2D eigenvalue weighted by molar-refractivity contribution is 6.30. The van der Waals surface area contributed by atoms with Crippen molar-refractivity contribution in [3.63, 3.8) is 0 Å². The monoisotopic (exact) mass is 356 g/mol. The fourth-order valence-corrected chi connectivity index (χ4v) is 1.77. The van der Waals surface area contributed by atoms with Crippen LogP contribution in [0.4, 0.5) is 0 Å². The van der Waals surface area contributed by atoms with E-state index in [1.807, 2.05) is 19.0 Å². The van der Waals surface area contributed by atoms with Crippen LogP contribution in [-0.2, 0) is 4.74 Å². The van der Waals surface area contributed by atoms with Crippen molar-refractivity contribution in [1.82, 2.24) is 9.88 Å². The van der Waals surface area contributed by atoms with Crippen LogP contribution in [0.25, 0.3) is 0 Å². The van der Waals surface area contributed by atoms with Crippen molar-refractivity contribution in [2.45, 2.75) is 0 Å². The number of rotatable bonds is 6. The zero-order chi connectivity index (χ0) is 15.9. The predicted octanol–water partition coefficient (Wildman–Crippen LogP) is 3.67. The topological polar surface area (TPSA) is 51.7 Å². The van der Waals surface area contributed by atoms with E-state index in [2.05, 4.69) is 4.98 Å². The first-order chi connectivity index (χ1) is 10.6. The second-order valence-corrected chi connectivity index (χ2v) is 5.29. The Kier molecular flexibility index (Phi) is 7.81. The second-order valence-electron chi connectivity index (χ2n) is 4.85. The molecule has 0 unspecified atom stereocenters. The molecule has 0 atom stereocenters. The van der Waals surface area contributed by atoms with Gasteiger partial charge in [-0.05, 0) is 50.5 Å². The van der Waals surface area contributed by atoms with E-state index in [-0.39, 0.29) is 23.9 Å². The number of nitrogens with zero attached hydrogens (tertiary/aromatic N) is 2. The molecule has 0 saturated heterocycles. The minimum absolute atomic E-state index is 0. The number of likely N-dealkylation sites (N-methyl/N-ethyl adjacent to an activating group) is 1. The standard InChI is InChI=1S/C16H17ClN2O3.ClH/c1-19(2)10-11-21-16(20)14-4-3-9-18-15(14)22-13-7-5-12(17)6-8-13;/h3-9H,10-11H2,1-2H3;1H. The van der Waals surface area contributed by atoms with Gasteiger partial charge in [-0.3, -0.25) is 0 Å². The highest BCUT2D eigenvalue weighted by atomic mass is 35.5. The number of halogens is 2. The summed E-state index contributed by atoms with van der Waals surface area (Å²) >= 11 is 5.83. The number of aromatic nitrogens is 1. The van der Waals surface area contributed by atoms with Crippen LogP contribution in [0, 0.1) is 0 Å². The molecule has 5 nitrogen and oxygen atoms in total. The van der Waals surface area contributed by atoms with Gasteiger partial charge in [0.25, 0.3) is 0 Å². The first-order valence-electron chi connectivity index (χ1n) is 6.76. The summed E-state index contributed by atoms with van der Waals surface area (Å²) in [4.78, 5) is 18.1. The van der Waals surface area contributed by atoms with Crippen molar-refractivity contribution in [3.8, 4) is 11.6 Å². The van der Waals surface area contributed by atoms with Crippen molar-refractivity contribution < 1.29 is 14.3 Å². The van der Waals surface area contributed by atoms with E-state index in [0.29, 0.717) is 23.9 Å². The van der Waals surface area contributed by atoms with Crippen LogP contribution in [0.2, 0.25) is 5.02 Å². The maximum atomic E-state index is 12.1. The molecule has 23 heavy (non-hydrogen) atoms. The van der Waals surface area contributed by atoms with E-state index in [0.717, 1.165) is 0 Å². The van der Waals surface area contributed by atoms with E-state index in [1.54, 1.807) is 42.6 Å². The third-order valence-electron chi connectivity index (χ3n) is 2.79. The number of hydrogen-bond acceptors (Lipinski definition) is 5. The van der Waals surface area contributed by atoms with Crippen molar-refractivity contribution in [1.29, 1.82) is 0 Å². The van der Waals surface area contributed by atoms with Gasteiger partial charge in [-0.2, -0.15) is 0 Å². The zero-order valence-electron chi connectivity index (χ0n) is 12.9. The number of carbonyl (C=O) groups excluding carboxylic acids is 1. The SMILES string of the molecule is CN(C)CCOC(=O)c1cccnc1Oc1ccc(Cl)cc1.Cl. The van der Waals surface area contributed by atoms with Gasteiger partial charge in [0.2, 0.25) is 5.88 Å². The van der Waals surface area contributed by atoms with E-state index in [9.17, 15) is 4.79 Å². The molecule has 0 aliphatic rings. The fourth-order valence-electron chi connectivity index (χ4n) is 1.64. The molecule has 0 aliphatic carbocycles. The molecule has 1 aromatic carbocycles. The highest BCUT2D eigenvalue weighted by Crippen LogP contribution is 2.24. The van der Waals surface area contributed by atoms with Gasteiger partial charge < -0.3 is 14.4 Å². The molecule has 1 heterocycles. The molecule has 0 aliphatic heterocycles. The molecule has 0 fully saturated rings. The van der Waals surface area contributed by atoms with Crippen LogP contribution >= 0.6 is 24.0 Å². The summed E-state index contributed by atoms with van der Waals surface area (Å²) in [6.07, 6.45) is 1.56. The Morgan fingerprint density at radius 2 is 1.91 bits per heavy atom. The maximum absolute atomic E-state index is 12.1. The van der Waals surface area contributed by atoms with Gasteiger partial charge >= 0.3 is 5.97 Å². The molecule has 0 bridgehead atoms. The number of pyridine rings is 1. The number of hydrogen-bond donors (Lipinski definition) is 0. The van der Waals surface area contributed by atoms with E-state index >= 15 is 0 Å². The number of carbonyl (C=O) groups is 1. The summed E-state index contributed by atoms with van der Waals surface area (Å²) < 4.78 is 10.8. The molecule has 0 spiro atoms. The van der Waals surface area contributed by atoms with Gasteiger partial charge in [-0.1, -0.05) is 11.6 Å². The van der Waals surface area contributed by atoms with Gasteiger partial charge in [0.1, 0.15) is 17.9 Å². The molecular formula is C16H18Cl2N2O3. The lowest BCUT2D eigenvalue weighted by Gasteiger charge is -2.12. The zero-order valence-corrected chi connectivity index (χ0v) is 14.4. The van der Waals surface area contributed by atoms with Crippen molar-refractivity contribution in [2.24, 2.45) is 0 Å². The van der Waals surface area contributed by atoms with Crippen LogP contribution < -0.4 is 4.74 Å². The normalized spacial score (nSPS) is 10.1. The lowest BCUT2D eigenvalue weighted by Crippen LogP contribution is -2.20. The molecule has 0 amide bonds. The molecule has 7 heteroatoms. The van der Waals surface area contributed by atoms with Crippen LogP contribution in [0.5, 0.6) is 11.6 Å². The largest absolute Gasteiger partial charge is 0.461 e. The van der Waals surface area contributed by atoms with Gasteiger partial charge in [0.15, 0.2) is 0 Å². The number of benzene rings is 1. The molecular weight excluding hydrogens is 339 g/mol. The summed E-state index contributed by atoms with van der Waals surface area (Å²) in [6.45, 7) is 0.959. The van der Waals surface area contributed by atoms with Crippen LogP contribution in [-0.4, -0.2) is 43.1 Å². The third kappa shape index (κ3) is 6.06. The Bertz CT molecular complexity index is 633. The molecule has 124 valence electrons. The van der Waals surface area contributed by atoms with E-state index in [1.165, 1.54) is 0 Å². The summed E-state index contributed by atoms with van der Waals surface area (Å²) in [5, 5.41) is 0.608. The van der Waals surface area contributed by atoms with Crippen LogP contribution in [0.3, 0.4) is 0 Å². The van der Waals surface area contributed by atoms with Gasteiger partial charge in [-0.25, -0.2) is 9.78 Å². The Morgan fingerprint density at radius 3 is 2.57 bits per heavy atom. The van der Waals surface area contributed by atoms with Crippen molar-refractivity contribution in [3.05, 3.63) is 53.2 Å². The summed E-state index contributed by atoms with van der Waals surface area (Å²) in [6, 6.07) is 10.1. The first-order valence-corrected chi connectivity index (χ1v) is 7.14. The number of esters is 1. The quantitative estimate of drug-likeness (QED) is 0.739. The van der Waals surface area contributed by atoms with Crippen LogP contribution in [0.1, 0.15) is 10.4 Å². The van der Waals surface area contributed by atoms with E-state index < -0.39 is 5.97 Å². The smallest absolute Gasteiger partial charge is 0.343 e. The Morgan fingerprint density at radius 1 is 1.22 bits per heavy atom. The molecule has 2 rings (SSSR count). The van der Waals surface area contributed by atoms with Gasteiger partial charge in [0, 0.05) is 17.8 Å². The van der Waals surface area contributed by atoms with Crippen molar-refractivity contribution >= 4 is 30.0 Å². The molecule has 0 N–H and O–H groups in total. The lowest BCUT2D eigenvalue weighted by atomic mass is 10.2. The predicted molar refractivity (Wildman–Crippen MR) is 91.8 cm³/mol. The summed E-state index contributed by atoms with van der Waals surface area (Å²) in [5.74, 6) is 0.295. The highest BCUT2D eigenvalue weighted by Gasteiger charge is 2.15. The average molecular weight is 357 g/mol. The Labute approximate surface area is 146 Å². The first kappa shape index (κ1) is 19.2.